The molecule has 3 heterocycles. The van der Waals surface area contributed by atoms with E-state index in [0.29, 0.717) is 13.1 Å². The van der Waals surface area contributed by atoms with Crippen molar-refractivity contribution < 1.29 is 9.69 Å². The van der Waals surface area contributed by atoms with Crippen LogP contribution in [0, 0.1) is 6.92 Å². The number of anilines is 1. The van der Waals surface area contributed by atoms with Gasteiger partial charge in [-0.25, -0.2) is 14.8 Å². The number of fused-ring (bicyclic) bond motifs is 1. The van der Waals surface area contributed by atoms with Gasteiger partial charge in [0, 0.05) is 24.1 Å². The molecule has 0 radical (unpaired) electrons. The van der Waals surface area contributed by atoms with Crippen LogP contribution in [0.15, 0.2) is 0 Å². The molecule has 2 aliphatic rings. The number of likely N-dealkylation sites (N-methyl/N-ethyl adjacent to an activating group) is 1. The predicted molar refractivity (Wildman–Crippen MR) is 98.0 cm³/mol. The van der Waals surface area contributed by atoms with Crippen molar-refractivity contribution in [3.05, 3.63) is 17.1 Å². The topological polar surface area (TPSA) is 65.8 Å². The van der Waals surface area contributed by atoms with Gasteiger partial charge in [0.15, 0.2) is 0 Å². The van der Waals surface area contributed by atoms with Crippen LogP contribution in [0.5, 0.6) is 0 Å². The third kappa shape index (κ3) is 4.21. The van der Waals surface area contributed by atoms with Crippen LogP contribution in [0.3, 0.4) is 0 Å². The van der Waals surface area contributed by atoms with Gasteiger partial charge in [0.25, 0.3) is 0 Å². The van der Waals surface area contributed by atoms with E-state index in [0.717, 1.165) is 55.5 Å². The number of nitrogens with zero attached hydrogens (tertiary/aromatic N) is 4. The summed E-state index contributed by atoms with van der Waals surface area (Å²) in [6.45, 7) is 13.5. The van der Waals surface area contributed by atoms with Crippen molar-refractivity contribution in [3.63, 3.8) is 0 Å². The molecule has 0 spiro atoms. The Morgan fingerprint density at radius 1 is 1.16 bits per heavy atom. The van der Waals surface area contributed by atoms with Crippen molar-refractivity contribution in [1.29, 1.82) is 0 Å². The van der Waals surface area contributed by atoms with E-state index in [1.807, 2.05) is 32.6 Å². The monoisotopic (exact) mass is 347 g/mol. The van der Waals surface area contributed by atoms with Gasteiger partial charge in [-0.15, -0.1) is 0 Å². The zero-order chi connectivity index (χ0) is 18.2. The first kappa shape index (κ1) is 17.9. The average molecular weight is 347 g/mol. The van der Waals surface area contributed by atoms with Crippen molar-refractivity contribution in [2.24, 2.45) is 0 Å². The number of nitrogens with one attached hydrogen (secondary N) is 2. The van der Waals surface area contributed by atoms with Gasteiger partial charge in [0.05, 0.1) is 45.5 Å². The number of aromatic nitrogens is 2. The Kier molecular flexibility index (Phi) is 4.86. The van der Waals surface area contributed by atoms with Crippen molar-refractivity contribution in [1.82, 2.24) is 20.2 Å². The highest BCUT2D eigenvalue weighted by Gasteiger charge is 2.29. The van der Waals surface area contributed by atoms with Crippen LogP contribution in [0.25, 0.3) is 0 Å². The number of hydrogen-bond donors (Lipinski definition) is 2. The molecule has 3 rings (SSSR count). The molecule has 0 aliphatic carbocycles. The molecule has 2 aliphatic heterocycles. The van der Waals surface area contributed by atoms with Crippen molar-refractivity contribution in [3.8, 4) is 0 Å². The smallest absolute Gasteiger partial charge is 0.318 e. The molecule has 25 heavy (non-hydrogen) atoms. The summed E-state index contributed by atoms with van der Waals surface area (Å²) in [5.41, 5.74) is 2.00. The molecule has 7 nitrogen and oxygen atoms in total. The summed E-state index contributed by atoms with van der Waals surface area (Å²) in [7, 11) is 2.23. The maximum absolute atomic E-state index is 12.6. The molecule has 2 amide bonds. The molecule has 0 saturated carbocycles. The molecule has 7 heteroatoms. The number of quaternary nitrogens is 1. The van der Waals surface area contributed by atoms with E-state index >= 15 is 0 Å². The van der Waals surface area contributed by atoms with Crippen LogP contribution >= 0.6 is 0 Å². The van der Waals surface area contributed by atoms with Gasteiger partial charge < -0.3 is 20.0 Å². The Labute approximate surface area is 150 Å². The highest BCUT2D eigenvalue weighted by molar-refractivity contribution is 5.75. The molecule has 2 N–H and O–H groups in total. The molecular weight excluding hydrogens is 316 g/mol. The number of piperazine rings is 1. The number of hydrogen-bond acceptors (Lipinski definition) is 4. The van der Waals surface area contributed by atoms with E-state index in [9.17, 15) is 4.79 Å². The van der Waals surface area contributed by atoms with Crippen molar-refractivity contribution >= 4 is 11.8 Å². The number of carbonyl (C=O) groups excluding carboxylic acids is 1. The quantitative estimate of drug-likeness (QED) is 0.750. The van der Waals surface area contributed by atoms with E-state index in [-0.39, 0.29) is 11.6 Å². The fourth-order valence-corrected chi connectivity index (χ4v) is 3.45. The Bertz CT molecular complexity index is 646. The first-order valence-electron chi connectivity index (χ1n) is 9.22. The van der Waals surface area contributed by atoms with Gasteiger partial charge in [-0.3, -0.25) is 0 Å². The molecule has 138 valence electrons. The summed E-state index contributed by atoms with van der Waals surface area (Å²) in [4.78, 5) is 27.8. The van der Waals surface area contributed by atoms with Crippen LogP contribution in [0.4, 0.5) is 10.6 Å². The standard InChI is InChI=1S/C18H30N6O/c1-13-19-15-6-7-24(17(25)21-18(2,3)4)12-14(15)16(20-13)23-10-8-22(5)9-11-23/h6-12H2,1-5H3,(H,21,25)/p+1. The number of carbonyl (C=O) groups is 1. The van der Waals surface area contributed by atoms with E-state index in [1.54, 1.807) is 4.90 Å². The van der Waals surface area contributed by atoms with E-state index in [1.165, 1.54) is 0 Å². The lowest BCUT2D eigenvalue weighted by atomic mass is 10.0. The van der Waals surface area contributed by atoms with Gasteiger partial charge in [-0.05, 0) is 27.7 Å². The molecule has 1 aromatic rings. The van der Waals surface area contributed by atoms with Gasteiger partial charge >= 0.3 is 6.03 Å². The zero-order valence-corrected chi connectivity index (χ0v) is 16.1. The SMILES string of the molecule is Cc1nc2c(c(N3CC[NH+](C)CC3)n1)CN(C(=O)NC(C)(C)C)CC2. The van der Waals surface area contributed by atoms with Crippen molar-refractivity contribution in [2.75, 3.05) is 44.7 Å². The summed E-state index contributed by atoms with van der Waals surface area (Å²) >= 11 is 0. The van der Waals surface area contributed by atoms with E-state index in [4.69, 9.17) is 4.98 Å². The van der Waals surface area contributed by atoms with Crippen LogP contribution in [-0.2, 0) is 13.0 Å². The summed E-state index contributed by atoms with van der Waals surface area (Å²) in [5, 5.41) is 3.07. The molecule has 0 aromatic carbocycles. The van der Waals surface area contributed by atoms with Crippen LogP contribution in [0.1, 0.15) is 37.9 Å². The summed E-state index contributed by atoms with van der Waals surface area (Å²) in [5.74, 6) is 1.86. The van der Waals surface area contributed by atoms with Crippen molar-refractivity contribution in [2.45, 2.75) is 46.2 Å². The third-order valence-corrected chi connectivity index (χ3v) is 4.84. The fourth-order valence-electron chi connectivity index (χ4n) is 3.45. The Morgan fingerprint density at radius 2 is 1.84 bits per heavy atom. The third-order valence-electron chi connectivity index (χ3n) is 4.84. The van der Waals surface area contributed by atoms with Gasteiger partial charge in [0.1, 0.15) is 11.6 Å². The summed E-state index contributed by atoms with van der Waals surface area (Å²) < 4.78 is 0. The highest BCUT2D eigenvalue weighted by atomic mass is 16.2. The maximum atomic E-state index is 12.6. The van der Waals surface area contributed by atoms with Gasteiger partial charge in [0.2, 0.25) is 0 Å². The largest absolute Gasteiger partial charge is 0.345 e. The first-order chi connectivity index (χ1) is 11.7. The number of urea groups is 1. The summed E-state index contributed by atoms with van der Waals surface area (Å²) in [6.07, 6.45) is 0.794. The average Bonchev–Trinajstić information content (AvgIpc) is 2.53. The Morgan fingerprint density at radius 3 is 2.48 bits per heavy atom. The molecule has 0 unspecified atom stereocenters. The zero-order valence-electron chi connectivity index (χ0n) is 16.1. The lowest BCUT2D eigenvalue weighted by molar-refractivity contribution is -0.880. The number of rotatable bonds is 1. The second-order valence-corrected chi connectivity index (χ2v) is 8.32. The van der Waals surface area contributed by atoms with Crippen LogP contribution in [0.2, 0.25) is 0 Å². The van der Waals surface area contributed by atoms with Crippen LogP contribution < -0.4 is 15.1 Å². The Hall–Kier alpha value is -1.89. The first-order valence-corrected chi connectivity index (χ1v) is 9.22. The number of amides is 2. The van der Waals surface area contributed by atoms with Crippen LogP contribution in [-0.4, -0.2) is 66.2 Å². The molecule has 1 fully saturated rings. The second kappa shape index (κ2) is 6.78. The van der Waals surface area contributed by atoms with Gasteiger partial charge in [-0.1, -0.05) is 0 Å². The highest BCUT2D eigenvalue weighted by Crippen LogP contribution is 2.27. The molecule has 0 atom stereocenters. The second-order valence-electron chi connectivity index (χ2n) is 8.32. The minimum absolute atomic E-state index is 0.00695. The Balaban J connectivity index is 1.84. The van der Waals surface area contributed by atoms with E-state index < -0.39 is 0 Å². The lowest BCUT2D eigenvalue weighted by Crippen LogP contribution is -3.12. The molecule has 0 bridgehead atoms. The number of aryl methyl sites for hydroxylation is 1. The molecule has 1 aromatic heterocycles. The maximum Gasteiger partial charge on any atom is 0.318 e. The fraction of sp³-hybridized carbons (Fsp3) is 0.722. The molecule has 1 saturated heterocycles. The van der Waals surface area contributed by atoms with E-state index in [2.05, 4.69) is 22.2 Å². The lowest BCUT2D eigenvalue weighted by Gasteiger charge is -2.36. The molecular formula is C18H31N6O+. The predicted octanol–water partition coefficient (Wildman–Crippen LogP) is -0.0141. The van der Waals surface area contributed by atoms with Gasteiger partial charge in [-0.2, -0.15) is 0 Å². The minimum atomic E-state index is -0.232. The summed E-state index contributed by atoms with van der Waals surface area (Å²) in [6, 6.07) is -0.00695. The minimum Gasteiger partial charge on any atom is -0.345 e. The normalized spacial score (nSPS) is 18.9.